The van der Waals surface area contributed by atoms with Gasteiger partial charge in [-0.15, -0.1) is 0 Å². The normalized spacial score (nSPS) is 29.6. The number of fused-ring (bicyclic) bond motifs is 1. The quantitative estimate of drug-likeness (QED) is 0.512. The summed E-state index contributed by atoms with van der Waals surface area (Å²) in [5.74, 6) is 0.399. The van der Waals surface area contributed by atoms with Gasteiger partial charge in [0.2, 0.25) is 0 Å². The molecule has 1 unspecified atom stereocenters. The SMILES string of the molecule is O=C1[C]=CC=C2CCCCC12. The van der Waals surface area contributed by atoms with Crippen LogP contribution in [0.25, 0.3) is 0 Å². The van der Waals surface area contributed by atoms with E-state index in [1.807, 2.05) is 0 Å². The molecule has 1 nitrogen and oxygen atoms in total. The van der Waals surface area contributed by atoms with E-state index < -0.39 is 0 Å². The van der Waals surface area contributed by atoms with Crippen LogP contribution in [0, 0.1) is 12.0 Å². The zero-order valence-electron chi connectivity index (χ0n) is 6.47. The highest BCUT2D eigenvalue weighted by Crippen LogP contribution is 2.31. The first-order chi connectivity index (χ1) is 5.38. The zero-order chi connectivity index (χ0) is 7.68. The third-order valence-electron chi connectivity index (χ3n) is 2.50. The minimum atomic E-state index is 0.196. The van der Waals surface area contributed by atoms with Crippen LogP contribution in [0.5, 0.6) is 0 Å². The van der Waals surface area contributed by atoms with E-state index >= 15 is 0 Å². The van der Waals surface area contributed by atoms with Gasteiger partial charge in [-0.3, -0.25) is 4.79 Å². The molecule has 1 fully saturated rings. The van der Waals surface area contributed by atoms with Crippen molar-refractivity contribution in [2.45, 2.75) is 25.7 Å². The van der Waals surface area contributed by atoms with Gasteiger partial charge in [0, 0.05) is 12.0 Å². The van der Waals surface area contributed by atoms with Gasteiger partial charge in [-0.05, 0) is 19.3 Å². The molecular formula is C10H11O. The maximum atomic E-state index is 11.2. The second-order valence-corrected chi connectivity index (χ2v) is 3.22. The van der Waals surface area contributed by atoms with E-state index in [4.69, 9.17) is 0 Å². The number of hydrogen-bond donors (Lipinski definition) is 0. The molecule has 0 aromatic carbocycles. The van der Waals surface area contributed by atoms with Crippen molar-refractivity contribution in [2.24, 2.45) is 5.92 Å². The molecule has 57 valence electrons. The van der Waals surface area contributed by atoms with Gasteiger partial charge in [-0.2, -0.15) is 0 Å². The summed E-state index contributed by atoms with van der Waals surface area (Å²) in [7, 11) is 0. The first kappa shape index (κ1) is 6.84. The topological polar surface area (TPSA) is 17.1 Å². The van der Waals surface area contributed by atoms with Gasteiger partial charge < -0.3 is 0 Å². The summed E-state index contributed by atoms with van der Waals surface area (Å²) >= 11 is 0. The van der Waals surface area contributed by atoms with Crippen molar-refractivity contribution in [2.75, 3.05) is 0 Å². The van der Waals surface area contributed by atoms with Crippen molar-refractivity contribution < 1.29 is 4.79 Å². The Morgan fingerprint density at radius 1 is 1.45 bits per heavy atom. The van der Waals surface area contributed by atoms with E-state index in [0.29, 0.717) is 0 Å². The summed E-state index contributed by atoms with van der Waals surface area (Å²) in [6.07, 6.45) is 11.2. The Labute approximate surface area is 66.8 Å². The summed E-state index contributed by atoms with van der Waals surface area (Å²) < 4.78 is 0. The smallest absolute Gasteiger partial charge is 0.170 e. The minimum absolute atomic E-state index is 0.196. The molecule has 2 aliphatic carbocycles. The highest BCUT2D eigenvalue weighted by atomic mass is 16.1. The molecule has 0 spiro atoms. The zero-order valence-corrected chi connectivity index (χ0v) is 6.47. The molecule has 0 N–H and O–H groups in total. The molecule has 2 rings (SSSR count). The van der Waals surface area contributed by atoms with E-state index in [-0.39, 0.29) is 11.7 Å². The standard InChI is InChI=1S/C10H11O/c11-10-7-3-5-8-4-1-2-6-9(8)10/h3,5,9H,1-2,4,6H2. The minimum Gasteiger partial charge on any atom is -0.293 e. The molecule has 0 saturated heterocycles. The van der Waals surface area contributed by atoms with Crippen molar-refractivity contribution in [1.82, 2.24) is 0 Å². The average molecular weight is 147 g/mol. The lowest BCUT2D eigenvalue weighted by molar-refractivity contribution is -0.118. The number of ketones is 1. The van der Waals surface area contributed by atoms with E-state index in [0.717, 1.165) is 12.8 Å². The highest BCUT2D eigenvalue weighted by molar-refractivity contribution is 5.91. The van der Waals surface area contributed by atoms with E-state index in [1.165, 1.54) is 18.4 Å². The van der Waals surface area contributed by atoms with Crippen LogP contribution >= 0.6 is 0 Å². The van der Waals surface area contributed by atoms with Crippen LogP contribution in [-0.2, 0) is 4.79 Å². The maximum Gasteiger partial charge on any atom is 0.170 e. The Bertz CT molecular complexity index is 235. The van der Waals surface area contributed by atoms with Gasteiger partial charge in [0.15, 0.2) is 5.78 Å². The summed E-state index contributed by atoms with van der Waals surface area (Å²) in [6, 6.07) is 0. The van der Waals surface area contributed by atoms with Crippen LogP contribution in [-0.4, -0.2) is 5.78 Å². The Morgan fingerprint density at radius 2 is 2.36 bits per heavy atom. The van der Waals surface area contributed by atoms with E-state index in [9.17, 15) is 4.79 Å². The molecule has 0 aromatic heterocycles. The monoisotopic (exact) mass is 147 g/mol. The van der Waals surface area contributed by atoms with Crippen molar-refractivity contribution in [3.8, 4) is 0 Å². The van der Waals surface area contributed by atoms with Crippen LogP contribution in [0.1, 0.15) is 25.7 Å². The average Bonchev–Trinajstić information content (AvgIpc) is 2.06. The lowest BCUT2D eigenvalue weighted by Crippen LogP contribution is -2.20. The van der Waals surface area contributed by atoms with Crippen LogP contribution < -0.4 is 0 Å². The molecule has 1 heteroatoms. The molecule has 11 heavy (non-hydrogen) atoms. The van der Waals surface area contributed by atoms with Gasteiger partial charge in [0.1, 0.15) is 0 Å². The Kier molecular flexibility index (Phi) is 1.65. The third-order valence-corrected chi connectivity index (χ3v) is 2.50. The number of rotatable bonds is 0. The summed E-state index contributed by atoms with van der Waals surface area (Å²) in [6.45, 7) is 0. The number of hydrogen-bond acceptors (Lipinski definition) is 1. The predicted octanol–water partition coefficient (Wildman–Crippen LogP) is 2.05. The van der Waals surface area contributed by atoms with Crippen LogP contribution in [0.4, 0.5) is 0 Å². The Hall–Kier alpha value is -0.850. The van der Waals surface area contributed by atoms with Crippen molar-refractivity contribution in [3.63, 3.8) is 0 Å². The second kappa shape index (κ2) is 2.65. The fourth-order valence-corrected chi connectivity index (χ4v) is 1.87. The molecule has 0 bridgehead atoms. The lowest BCUT2D eigenvalue weighted by Gasteiger charge is -2.24. The first-order valence-corrected chi connectivity index (χ1v) is 4.20. The lowest BCUT2D eigenvalue weighted by atomic mass is 9.79. The van der Waals surface area contributed by atoms with Crippen LogP contribution in [0.2, 0.25) is 0 Å². The highest BCUT2D eigenvalue weighted by Gasteiger charge is 2.25. The summed E-state index contributed by atoms with van der Waals surface area (Å²) in [4.78, 5) is 11.2. The molecule has 2 aliphatic rings. The van der Waals surface area contributed by atoms with Gasteiger partial charge in [-0.25, -0.2) is 0 Å². The first-order valence-electron chi connectivity index (χ1n) is 4.20. The molecule has 1 saturated carbocycles. The third kappa shape index (κ3) is 1.15. The van der Waals surface area contributed by atoms with Gasteiger partial charge >= 0.3 is 0 Å². The number of carbonyl (C=O) groups is 1. The van der Waals surface area contributed by atoms with Gasteiger partial charge in [0.05, 0.1) is 0 Å². The Balaban J connectivity index is 2.25. The molecule has 0 aliphatic heterocycles. The van der Waals surface area contributed by atoms with E-state index in [2.05, 4.69) is 12.2 Å². The fraction of sp³-hybridized carbons (Fsp3) is 0.500. The van der Waals surface area contributed by atoms with E-state index in [1.54, 1.807) is 6.08 Å². The number of allylic oxidation sites excluding steroid dienone is 4. The molecule has 1 atom stereocenters. The summed E-state index contributed by atoms with van der Waals surface area (Å²) in [5.41, 5.74) is 1.33. The molecule has 0 aromatic rings. The van der Waals surface area contributed by atoms with Gasteiger partial charge in [-0.1, -0.05) is 24.1 Å². The molecule has 0 heterocycles. The van der Waals surface area contributed by atoms with Crippen molar-refractivity contribution >= 4 is 5.78 Å². The van der Waals surface area contributed by atoms with Gasteiger partial charge in [0.25, 0.3) is 0 Å². The predicted molar refractivity (Wildman–Crippen MR) is 42.9 cm³/mol. The molecular weight excluding hydrogens is 136 g/mol. The Morgan fingerprint density at radius 3 is 3.18 bits per heavy atom. The van der Waals surface area contributed by atoms with Crippen LogP contribution in [0.3, 0.4) is 0 Å². The number of Topliss-reactive ketones (excluding diaryl/α,β-unsaturated/α-hetero) is 1. The van der Waals surface area contributed by atoms with Crippen molar-refractivity contribution in [3.05, 3.63) is 23.8 Å². The molecule has 0 amide bonds. The second-order valence-electron chi connectivity index (χ2n) is 3.22. The molecule has 1 radical (unpaired) electrons. The van der Waals surface area contributed by atoms with Crippen LogP contribution in [0.15, 0.2) is 17.7 Å². The summed E-state index contributed by atoms with van der Waals surface area (Å²) in [5, 5.41) is 0. The maximum absolute atomic E-state index is 11.2. The fourth-order valence-electron chi connectivity index (χ4n) is 1.87. The van der Waals surface area contributed by atoms with Crippen molar-refractivity contribution in [1.29, 1.82) is 0 Å². The number of carbonyl (C=O) groups excluding carboxylic acids is 1. The largest absolute Gasteiger partial charge is 0.293 e.